The van der Waals surface area contributed by atoms with E-state index in [0.717, 1.165) is 12.1 Å². The van der Waals surface area contributed by atoms with Crippen LogP contribution in [0.2, 0.25) is 0 Å². The zero-order valence-electron chi connectivity index (χ0n) is 7.56. The molecule has 12 heavy (non-hydrogen) atoms. The maximum atomic E-state index is 5.81. The molecule has 0 spiro atoms. The molecule has 0 aromatic rings. The molecule has 1 aliphatic carbocycles. The highest BCUT2D eigenvalue weighted by atomic mass is 14.6. The van der Waals surface area contributed by atoms with Crippen molar-refractivity contribution in [2.24, 2.45) is 5.73 Å². The van der Waals surface area contributed by atoms with E-state index in [1.807, 2.05) is 0 Å². The summed E-state index contributed by atoms with van der Waals surface area (Å²) in [6.45, 7) is 2.14. The molecular weight excluding hydrogens is 146 g/mol. The Kier molecular flexibility index (Phi) is 2.99. The summed E-state index contributed by atoms with van der Waals surface area (Å²) in [5.74, 6) is 2.46. The minimum Gasteiger partial charge on any atom is -0.398 e. The molecular formula is C11H15N. The zero-order valence-corrected chi connectivity index (χ0v) is 7.56. The Balaban J connectivity index is 2.86. The largest absolute Gasteiger partial charge is 0.398 e. The third-order valence-electron chi connectivity index (χ3n) is 2.33. The molecule has 2 N–H and O–H groups in total. The molecule has 0 fully saturated rings. The van der Waals surface area contributed by atoms with Gasteiger partial charge in [-0.3, -0.25) is 0 Å². The van der Waals surface area contributed by atoms with Crippen LogP contribution in [-0.2, 0) is 0 Å². The molecule has 0 unspecified atom stereocenters. The van der Waals surface area contributed by atoms with Gasteiger partial charge in [0.25, 0.3) is 0 Å². The lowest BCUT2D eigenvalue weighted by Crippen LogP contribution is -2.06. The average molecular weight is 161 g/mol. The summed E-state index contributed by atoms with van der Waals surface area (Å²) in [5, 5.41) is 0. The van der Waals surface area contributed by atoms with Crippen LogP contribution in [0.1, 0.15) is 32.6 Å². The third-order valence-corrected chi connectivity index (χ3v) is 2.33. The van der Waals surface area contributed by atoms with Gasteiger partial charge >= 0.3 is 0 Å². The first-order valence-corrected chi connectivity index (χ1v) is 4.36. The number of rotatable bonds is 1. The summed E-state index contributed by atoms with van der Waals surface area (Å²) < 4.78 is 0. The van der Waals surface area contributed by atoms with E-state index in [-0.39, 0.29) is 0 Å². The summed E-state index contributed by atoms with van der Waals surface area (Å²) in [4.78, 5) is 0. The SMILES string of the molecule is C#C/C=C(/N)C1=C(C)CCCC1. The van der Waals surface area contributed by atoms with Crippen LogP contribution in [0, 0.1) is 12.3 Å². The first-order chi connectivity index (χ1) is 5.75. The van der Waals surface area contributed by atoms with Gasteiger partial charge in [0.1, 0.15) is 0 Å². The first kappa shape index (κ1) is 8.93. The van der Waals surface area contributed by atoms with Gasteiger partial charge in [-0.15, -0.1) is 6.42 Å². The molecule has 0 radical (unpaired) electrons. The van der Waals surface area contributed by atoms with Crippen molar-refractivity contribution in [3.05, 3.63) is 22.9 Å². The summed E-state index contributed by atoms with van der Waals surface area (Å²) in [5.41, 5.74) is 9.28. The second kappa shape index (κ2) is 4.01. The Morgan fingerprint density at radius 1 is 1.50 bits per heavy atom. The van der Waals surface area contributed by atoms with Crippen LogP contribution in [0.15, 0.2) is 22.9 Å². The summed E-state index contributed by atoms with van der Waals surface area (Å²) in [6, 6.07) is 0. The molecule has 0 amide bonds. The molecule has 1 nitrogen and oxygen atoms in total. The second-order valence-corrected chi connectivity index (χ2v) is 3.23. The van der Waals surface area contributed by atoms with E-state index in [4.69, 9.17) is 12.2 Å². The fourth-order valence-corrected chi connectivity index (χ4v) is 1.62. The summed E-state index contributed by atoms with van der Waals surface area (Å²) in [6.07, 6.45) is 11.6. The van der Waals surface area contributed by atoms with Crippen molar-refractivity contribution in [2.45, 2.75) is 32.6 Å². The minimum atomic E-state index is 0.787. The van der Waals surface area contributed by atoms with Gasteiger partial charge in [0.2, 0.25) is 0 Å². The third kappa shape index (κ3) is 1.92. The molecule has 64 valence electrons. The molecule has 0 heterocycles. The van der Waals surface area contributed by atoms with Crippen LogP contribution < -0.4 is 5.73 Å². The minimum absolute atomic E-state index is 0.787. The maximum absolute atomic E-state index is 5.81. The molecule has 0 saturated carbocycles. The molecule has 0 atom stereocenters. The molecule has 0 bridgehead atoms. The van der Waals surface area contributed by atoms with Crippen molar-refractivity contribution in [1.82, 2.24) is 0 Å². The van der Waals surface area contributed by atoms with E-state index >= 15 is 0 Å². The van der Waals surface area contributed by atoms with Gasteiger partial charge < -0.3 is 5.73 Å². The van der Waals surface area contributed by atoms with Crippen molar-refractivity contribution in [3.8, 4) is 12.3 Å². The monoisotopic (exact) mass is 161 g/mol. The second-order valence-electron chi connectivity index (χ2n) is 3.23. The fourth-order valence-electron chi connectivity index (χ4n) is 1.62. The van der Waals surface area contributed by atoms with E-state index in [2.05, 4.69) is 12.8 Å². The van der Waals surface area contributed by atoms with Gasteiger partial charge in [-0.05, 0) is 38.2 Å². The van der Waals surface area contributed by atoms with E-state index in [1.165, 1.54) is 30.4 Å². The smallest absolute Gasteiger partial charge is 0.0430 e. The Labute approximate surface area is 74.3 Å². The predicted octanol–water partition coefficient (Wildman–Crippen LogP) is 2.35. The Hall–Kier alpha value is -1.16. The van der Waals surface area contributed by atoms with Gasteiger partial charge in [-0.1, -0.05) is 11.5 Å². The van der Waals surface area contributed by atoms with Gasteiger partial charge in [0, 0.05) is 11.8 Å². The van der Waals surface area contributed by atoms with E-state index in [0.29, 0.717) is 0 Å². The lowest BCUT2D eigenvalue weighted by atomic mass is 9.91. The van der Waals surface area contributed by atoms with Crippen LogP contribution >= 0.6 is 0 Å². The number of nitrogens with two attached hydrogens (primary N) is 1. The molecule has 1 heteroatoms. The van der Waals surface area contributed by atoms with Crippen LogP contribution in [0.4, 0.5) is 0 Å². The zero-order chi connectivity index (χ0) is 8.97. The highest BCUT2D eigenvalue weighted by molar-refractivity contribution is 5.37. The normalized spacial score (nSPS) is 19.2. The summed E-state index contributed by atoms with van der Waals surface area (Å²) >= 11 is 0. The number of hydrogen-bond donors (Lipinski definition) is 1. The van der Waals surface area contributed by atoms with Gasteiger partial charge in [0.05, 0.1) is 0 Å². The number of terminal acetylenes is 1. The van der Waals surface area contributed by atoms with E-state index in [9.17, 15) is 0 Å². The standard InChI is InChI=1S/C11H15N/c1-3-6-11(12)10-8-5-4-7-9(10)2/h1,6H,4-5,7-8,12H2,2H3/b11-6+. The quantitative estimate of drug-likeness (QED) is 0.587. The van der Waals surface area contributed by atoms with Crippen molar-refractivity contribution >= 4 is 0 Å². The van der Waals surface area contributed by atoms with E-state index < -0.39 is 0 Å². The Morgan fingerprint density at radius 2 is 2.17 bits per heavy atom. The lowest BCUT2D eigenvalue weighted by Gasteiger charge is -2.17. The molecule has 1 rings (SSSR count). The molecule has 0 aromatic heterocycles. The average Bonchev–Trinajstić information content (AvgIpc) is 2.05. The lowest BCUT2D eigenvalue weighted by molar-refractivity contribution is 0.676. The molecule has 1 aliphatic rings. The van der Waals surface area contributed by atoms with Crippen molar-refractivity contribution in [3.63, 3.8) is 0 Å². The van der Waals surface area contributed by atoms with Crippen LogP contribution in [0.25, 0.3) is 0 Å². The molecule has 0 saturated heterocycles. The highest BCUT2D eigenvalue weighted by Crippen LogP contribution is 2.27. The summed E-state index contributed by atoms with van der Waals surface area (Å²) in [7, 11) is 0. The van der Waals surface area contributed by atoms with Crippen LogP contribution in [0.3, 0.4) is 0 Å². The highest BCUT2D eigenvalue weighted by Gasteiger charge is 2.10. The Bertz CT molecular complexity index is 263. The van der Waals surface area contributed by atoms with Crippen LogP contribution in [-0.4, -0.2) is 0 Å². The van der Waals surface area contributed by atoms with Crippen molar-refractivity contribution < 1.29 is 0 Å². The topological polar surface area (TPSA) is 26.0 Å². The van der Waals surface area contributed by atoms with E-state index in [1.54, 1.807) is 6.08 Å². The number of allylic oxidation sites excluding steroid dienone is 3. The van der Waals surface area contributed by atoms with Gasteiger partial charge in [-0.25, -0.2) is 0 Å². The Morgan fingerprint density at radius 3 is 2.75 bits per heavy atom. The predicted molar refractivity (Wildman–Crippen MR) is 52.3 cm³/mol. The maximum Gasteiger partial charge on any atom is 0.0430 e. The number of hydrogen-bond acceptors (Lipinski definition) is 1. The van der Waals surface area contributed by atoms with Crippen molar-refractivity contribution in [2.75, 3.05) is 0 Å². The van der Waals surface area contributed by atoms with Crippen LogP contribution in [0.5, 0.6) is 0 Å². The van der Waals surface area contributed by atoms with Gasteiger partial charge in [0.15, 0.2) is 0 Å². The molecule has 0 aromatic carbocycles. The first-order valence-electron chi connectivity index (χ1n) is 4.36. The molecule has 0 aliphatic heterocycles. The van der Waals surface area contributed by atoms with Gasteiger partial charge in [-0.2, -0.15) is 0 Å². The fraction of sp³-hybridized carbons (Fsp3) is 0.455. The van der Waals surface area contributed by atoms with Crippen molar-refractivity contribution in [1.29, 1.82) is 0 Å².